The Morgan fingerprint density at radius 1 is 1.27 bits per heavy atom. The monoisotopic (exact) mass is 233 g/mol. The fourth-order valence-electron chi connectivity index (χ4n) is 2.16. The van der Waals surface area contributed by atoms with E-state index in [0.29, 0.717) is 5.75 Å². The van der Waals surface area contributed by atoms with Gasteiger partial charge in [-0.15, -0.1) is 0 Å². The Morgan fingerprint density at radius 2 is 1.87 bits per heavy atom. The highest BCUT2D eigenvalue weighted by molar-refractivity contribution is 7.91. The molecule has 1 rings (SSSR count). The molecular formula is C11H23NO2S. The first-order chi connectivity index (χ1) is 6.97. The molecule has 0 heterocycles. The lowest BCUT2D eigenvalue weighted by molar-refractivity contribution is 0.366. The van der Waals surface area contributed by atoms with Crippen LogP contribution in [0.1, 0.15) is 46.0 Å². The summed E-state index contributed by atoms with van der Waals surface area (Å²) in [5.74, 6) is 0.594. The quantitative estimate of drug-likeness (QED) is 0.711. The third kappa shape index (κ3) is 4.51. The number of hydrogen-bond donors (Lipinski definition) is 1. The molecule has 0 saturated heterocycles. The van der Waals surface area contributed by atoms with E-state index < -0.39 is 9.84 Å². The van der Waals surface area contributed by atoms with Gasteiger partial charge in [0.25, 0.3) is 0 Å². The Morgan fingerprint density at radius 3 is 2.40 bits per heavy atom. The summed E-state index contributed by atoms with van der Waals surface area (Å²) in [6.07, 6.45) is 5.81. The average Bonchev–Trinajstić information content (AvgIpc) is 2.61. The maximum Gasteiger partial charge on any atom is 0.150 e. The van der Waals surface area contributed by atoms with Crippen molar-refractivity contribution in [1.82, 2.24) is 5.32 Å². The lowest BCUT2D eigenvalue weighted by Crippen LogP contribution is -2.40. The molecule has 90 valence electrons. The summed E-state index contributed by atoms with van der Waals surface area (Å²) in [5, 5.41) is 3.49. The average molecular weight is 233 g/mol. The highest BCUT2D eigenvalue weighted by Gasteiger charge is 2.27. The van der Waals surface area contributed by atoms with Crippen LogP contribution in [-0.2, 0) is 9.84 Å². The van der Waals surface area contributed by atoms with E-state index >= 15 is 0 Å². The minimum Gasteiger partial charge on any atom is -0.311 e. The zero-order valence-electron chi connectivity index (χ0n) is 9.88. The van der Waals surface area contributed by atoms with Crippen LogP contribution >= 0.6 is 0 Å². The summed E-state index contributed by atoms with van der Waals surface area (Å²) in [6.45, 7) is 4.78. The molecule has 1 fully saturated rings. The van der Waals surface area contributed by atoms with Gasteiger partial charge in [0.2, 0.25) is 0 Å². The standard InChI is InChI=1S/C11H23NO2S/c1-3-15(13,14)10-6-9-12-11(2)7-4-5-8-11/h12H,3-10H2,1-2H3. The molecule has 0 aromatic carbocycles. The lowest BCUT2D eigenvalue weighted by Gasteiger charge is -2.25. The van der Waals surface area contributed by atoms with E-state index in [4.69, 9.17) is 0 Å². The van der Waals surface area contributed by atoms with Gasteiger partial charge in [-0.1, -0.05) is 19.8 Å². The molecule has 0 aromatic heterocycles. The number of rotatable bonds is 6. The Kier molecular flexibility index (Phi) is 4.59. The summed E-state index contributed by atoms with van der Waals surface area (Å²) in [7, 11) is -2.78. The SMILES string of the molecule is CCS(=O)(=O)CCCNC1(C)CCCC1. The highest BCUT2D eigenvalue weighted by Crippen LogP contribution is 2.28. The molecular weight excluding hydrogens is 210 g/mol. The molecule has 1 aliphatic rings. The van der Waals surface area contributed by atoms with E-state index in [9.17, 15) is 8.42 Å². The van der Waals surface area contributed by atoms with Gasteiger partial charge < -0.3 is 5.32 Å². The molecule has 0 unspecified atom stereocenters. The predicted octanol–water partition coefficient (Wildman–Crippen LogP) is 1.73. The highest BCUT2D eigenvalue weighted by atomic mass is 32.2. The topological polar surface area (TPSA) is 46.2 Å². The summed E-state index contributed by atoms with van der Waals surface area (Å²) < 4.78 is 22.5. The molecule has 4 heteroatoms. The van der Waals surface area contributed by atoms with Gasteiger partial charge in [0.1, 0.15) is 9.84 Å². The van der Waals surface area contributed by atoms with Gasteiger partial charge in [0.05, 0.1) is 5.75 Å². The van der Waals surface area contributed by atoms with Crippen LogP contribution in [0.2, 0.25) is 0 Å². The second-order valence-electron chi connectivity index (χ2n) is 4.78. The van der Waals surface area contributed by atoms with Crippen LogP contribution in [0.4, 0.5) is 0 Å². The van der Waals surface area contributed by atoms with Crippen molar-refractivity contribution in [2.24, 2.45) is 0 Å². The van der Waals surface area contributed by atoms with Crippen molar-refractivity contribution >= 4 is 9.84 Å². The first kappa shape index (κ1) is 13.0. The summed E-state index contributed by atoms with van der Waals surface area (Å²) >= 11 is 0. The molecule has 0 spiro atoms. The van der Waals surface area contributed by atoms with Crippen molar-refractivity contribution in [3.8, 4) is 0 Å². The second-order valence-corrected chi connectivity index (χ2v) is 7.26. The zero-order chi connectivity index (χ0) is 11.4. The van der Waals surface area contributed by atoms with Gasteiger partial charge in [-0.25, -0.2) is 8.42 Å². The summed E-state index contributed by atoms with van der Waals surface area (Å²) in [4.78, 5) is 0. The fraction of sp³-hybridized carbons (Fsp3) is 1.00. The van der Waals surface area contributed by atoms with Gasteiger partial charge in [0.15, 0.2) is 0 Å². The third-order valence-corrected chi connectivity index (χ3v) is 5.12. The van der Waals surface area contributed by atoms with E-state index in [1.807, 2.05) is 0 Å². The van der Waals surface area contributed by atoms with Gasteiger partial charge in [-0.05, 0) is 32.7 Å². The summed E-state index contributed by atoms with van der Waals surface area (Å²) in [5.41, 5.74) is 0.274. The van der Waals surface area contributed by atoms with Crippen LogP contribution in [0.15, 0.2) is 0 Å². The Balaban J connectivity index is 2.17. The minimum atomic E-state index is -2.78. The van der Waals surface area contributed by atoms with Crippen LogP contribution in [0.25, 0.3) is 0 Å². The number of sulfone groups is 1. The summed E-state index contributed by atoms with van der Waals surface area (Å²) in [6, 6.07) is 0. The van der Waals surface area contributed by atoms with Crippen molar-refractivity contribution < 1.29 is 8.42 Å². The molecule has 0 atom stereocenters. The second kappa shape index (κ2) is 5.30. The third-order valence-electron chi connectivity index (χ3n) is 3.33. The first-order valence-corrected chi connectivity index (χ1v) is 7.75. The molecule has 0 aromatic rings. The Hall–Kier alpha value is -0.0900. The lowest BCUT2D eigenvalue weighted by atomic mass is 10.0. The van der Waals surface area contributed by atoms with Gasteiger partial charge in [-0.2, -0.15) is 0 Å². The molecule has 0 bridgehead atoms. The van der Waals surface area contributed by atoms with Crippen molar-refractivity contribution in [2.75, 3.05) is 18.1 Å². The smallest absolute Gasteiger partial charge is 0.150 e. The van der Waals surface area contributed by atoms with Crippen LogP contribution in [0, 0.1) is 0 Å². The van der Waals surface area contributed by atoms with E-state index in [0.717, 1.165) is 13.0 Å². The van der Waals surface area contributed by atoms with Crippen molar-refractivity contribution in [1.29, 1.82) is 0 Å². The van der Waals surface area contributed by atoms with Crippen molar-refractivity contribution in [3.63, 3.8) is 0 Å². The zero-order valence-corrected chi connectivity index (χ0v) is 10.7. The van der Waals surface area contributed by atoms with E-state index in [-0.39, 0.29) is 11.3 Å². The molecule has 1 saturated carbocycles. The van der Waals surface area contributed by atoms with Crippen LogP contribution in [0.5, 0.6) is 0 Å². The number of nitrogens with one attached hydrogen (secondary N) is 1. The fourth-order valence-corrected chi connectivity index (χ4v) is 3.03. The minimum absolute atomic E-state index is 0.268. The van der Waals surface area contributed by atoms with Gasteiger partial charge in [0, 0.05) is 11.3 Å². The molecule has 15 heavy (non-hydrogen) atoms. The molecule has 0 amide bonds. The Labute approximate surface area is 93.6 Å². The predicted molar refractivity (Wildman–Crippen MR) is 63.8 cm³/mol. The normalized spacial score (nSPS) is 20.7. The first-order valence-electron chi connectivity index (χ1n) is 5.93. The molecule has 1 N–H and O–H groups in total. The van der Waals surface area contributed by atoms with Crippen molar-refractivity contribution in [2.45, 2.75) is 51.5 Å². The van der Waals surface area contributed by atoms with E-state index in [1.54, 1.807) is 6.92 Å². The van der Waals surface area contributed by atoms with Crippen molar-refractivity contribution in [3.05, 3.63) is 0 Å². The van der Waals surface area contributed by atoms with Crippen LogP contribution < -0.4 is 5.32 Å². The molecule has 1 aliphatic carbocycles. The molecule has 3 nitrogen and oxygen atoms in total. The van der Waals surface area contributed by atoms with Crippen LogP contribution in [-0.4, -0.2) is 32.0 Å². The maximum absolute atomic E-state index is 11.2. The largest absolute Gasteiger partial charge is 0.311 e. The molecule has 0 aliphatic heterocycles. The van der Waals surface area contributed by atoms with E-state index in [2.05, 4.69) is 12.2 Å². The number of hydrogen-bond acceptors (Lipinski definition) is 3. The van der Waals surface area contributed by atoms with Crippen LogP contribution in [0.3, 0.4) is 0 Å². The maximum atomic E-state index is 11.2. The van der Waals surface area contributed by atoms with Gasteiger partial charge in [-0.3, -0.25) is 0 Å². The van der Waals surface area contributed by atoms with Gasteiger partial charge >= 0.3 is 0 Å². The van der Waals surface area contributed by atoms with E-state index in [1.165, 1.54) is 25.7 Å². The molecule has 0 radical (unpaired) electrons. The Bertz CT molecular complexity index is 279.